The summed E-state index contributed by atoms with van der Waals surface area (Å²) >= 11 is 0. The predicted octanol–water partition coefficient (Wildman–Crippen LogP) is 2.93. The molecule has 1 aromatic carbocycles. The molecule has 0 saturated carbocycles. The lowest BCUT2D eigenvalue weighted by molar-refractivity contribution is 0.0945. The van der Waals surface area contributed by atoms with Gasteiger partial charge < -0.3 is 14.5 Å². The third-order valence-corrected chi connectivity index (χ3v) is 4.80. The van der Waals surface area contributed by atoms with Crippen LogP contribution in [0.3, 0.4) is 0 Å². The lowest BCUT2D eigenvalue weighted by Crippen LogP contribution is -2.33. The highest BCUT2D eigenvalue weighted by Crippen LogP contribution is 2.19. The highest BCUT2D eigenvalue weighted by atomic mass is 16.5. The lowest BCUT2D eigenvalue weighted by atomic mass is 10.1. The van der Waals surface area contributed by atoms with Gasteiger partial charge in [0.25, 0.3) is 11.5 Å². The Labute approximate surface area is 172 Å². The molecule has 1 amide bonds. The number of aromatic nitrogens is 3. The maximum Gasteiger partial charge on any atom is 0.268 e. The number of hydrogen-bond acceptors (Lipinski definition) is 6. The van der Waals surface area contributed by atoms with Gasteiger partial charge in [-0.15, -0.1) is 0 Å². The summed E-state index contributed by atoms with van der Waals surface area (Å²) in [6, 6.07) is 10.7. The zero-order chi connectivity index (χ0) is 21.3. The third-order valence-electron chi connectivity index (χ3n) is 4.80. The number of nitrogens with zero attached hydrogens (tertiary/aromatic N) is 3. The van der Waals surface area contributed by atoms with Gasteiger partial charge >= 0.3 is 0 Å². The van der Waals surface area contributed by atoms with E-state index in [0.717, 1.165) is 11.1 Å². The molecule has 4 aromatic rings. The fraction of sp³-hybridized carbons (Fsp3) is 0.182. The third kappa shape index (κ3) is 3.55. The maximum atomic E-state index is 13.0. The number of fused-ring (bicyclic) bond motifs is 1. The molecule has 8 nitrogen and oxygen atoms in total. The summed E-state index contributed by atoms with van der Waals surface area (Å²) in [5.41, 5.74) is 3.13. The summed E-state index contributed by atoms with van der Waals surface area (Å²) in [4.78, 5) is 34.3. The van der Waals surface area contributed by atoms with E-state index in [0.29, 0.717) is 28.6 Å². The van der Waals surface area contributed by atoms with Crippen molar-refractivity contribution in [3.05, 3.63) is 81.7 Å². The smallest absolute Gasteiger partial charge is 0.268 e. The standard InChI is InChI=1S/C22H20N4O4/c1-13-9-10-26(15-7-8-17(29-3)23-11-15)22(28)19(13)21(27)24-12-18-25-20-14(2)5-4-6-16(20)30-18/h4-11H,12H2,1-3H3,(H,24,27). The first kappa shape index (κ1) is 19.4. The monoisotopic (exact) mass is 404 g/mol. The number of oxazole rings is 1. The number of methoxy groups -OCH3 is 1. The molecule has 3 aromatic heterocycles. The molecule has 30 heavy (non-hydrogen) atoms. The number of rotatable bonds is 5. The quantitative estimate of drug-likeness (QED) is 0.549. The van der Waals surface area contributed by atoms with Gasteiger partial charge in [-0.25, -0.2) is 9.97 Å². The van der Waals surface area contributed by atoms with Crippen LogP contribution in [0.2, 0.25) is 0 Å². The molecular weight excluding hydrogens is 384 g/mol. The molecule has 0 radical (unpaired) electrons. The van der Waals surface area contributed by atoms with Crippen LogP contribution in [-0.2, 0) is 6.54 Å². The van der Waals surface area contributed by atoms with E-state index in [-0.39, 0.29) is 12.1 Å². The molecule has 0 unspecified atom stereocenters. The van der Waals surface area contributed by atoms with Crippen LogP contribution in [0.4, 0.5) is 0 Å². The molecule has 152 valence electrons. The molecule has 0 saturated heterocycles. The van der Waals surface area contributed by atoms with Gasteiger partial charge in [0.2, 0.25) is 11.8 Å². The second-order valence-corrected chi connectivity index (χ2v) is 6.82. The average Bonchev–Trinajstić information content (AvgIpc) is 3.17. The Morgan fingerprint density at radius 1 is 1.17 bits per heavy atom. The minimum absolute atomic E-state index is 0.0561. The van der Waals surface area contributed by atoms with Crippen molar-refractivity contribution in [2.24, 2.45) is 0 Å². The minimum Gasteiger partial charge on any atom is -0.481 e. The molecule has 0 atom stereocenters. The molecular formula is C22H20N4O4. The zero-order valence-electron chi connectivity index (χ0n) is 16.8. The Kier molecular flexibility index (Phi) is 5.05. The van der Waals surface area contributed by atoms with Gasteiger partial charge in [-0.05, 0) is 43.2 Å². The number of pyridine rings is 2. The zero-order valence-corrected chi connectivity index (χ0v) is 16.8. The van der Waals surface area contributed by atoms with E-state index in [2.05, 4.69) is 15.3 Å². The second kappa shape index (κ2) is 7.82. The number of hydrogen-bond donors (Lipinski definition) is 1. The van der Waals surface area contributed by atoms with Crippen LogP contribution >= 0.6 is 0 Å². The fourth-order valence-electron chi connectivity index (χ4n) is 3.19. The Hall–Kier alpha value is -3.94. The Morgan fingerprint density at radius 3 is 2.70 bits per heavy atom. The number of ether oxygens (including phenoxy) is 1. The van der Waals surface area contributed by atoms with E-state index in [1.807, 2.05) is 25.1 Å². The summed E-state index contributed by atoms with van der Waals surface area (Å²) in [5, 5.41) is 2.73. The Morgan fingerprint density at radius 2 is 2.00 bits per heavy atom. The summed E-state index contributed by atoms with van der Waals surface area (Å²) in [6.45, 7) is 3.73. The van der Waals surface area contributed by atoms with Crippen LogP contribution in [0.25, 0.3) is 16.8 Å². The first-order valence-electron chi connectivity index (χ1n) is 9.34. The van der Waals surface area contributed by atoms with Gasteiger partial charge in [-0.2, -0.15) is 0 Å². The van der Waals surface area contributed by atoms with Crippen LogP contribution in [0.15, 0.2) is 58.0 Å². The fourth-order valence-corrected chi connectivity index (χ4v) is 3.19. The predicted molar refractivity (Wildman–Crippen MR) is 111 cm³/mol. The largest absolute Gasteiger partial charge is 0.481 e. The van der Waals surface area contributed by atoms with Crippen LogP contribution in [0.5, 0.6) is 5.88 Å². The van der Waals surface area contributed by atoms with E-state index in [1.54, 1.807) is 31.3 Å². The highest BCUT2D eigenvalue weighted by Gasteiger charge is 2.18. The van der Waals surface area contributed by atoms with Crippen LogP contribution < -0.4 is 15.6 Å². The van der Waals surface area contributed by atoms with E-state index < -0.39 is 11.5 Å². The molecule has 4 rings (SSSR count). The maximum absolute atomic E-state index is 13.0. The summed E-state index contributed by atoms with van der Waals surface area (Å²) in [7, 11) is 1.51. The van der Waals surface area contributed by atoms with Crippen LogP contribution in [0, 0.1) is 13.8 Å². The molecule has 0 aliphatic heterocycles. The van der Waals surface area contributed by atoms with Crippen LogP contribution in [0.1, 0.15) is 27.4 Å². The lowest BCUT2D eigenvalue weighted by Gasteiger charge is -2.11. The van der Waals surface area contributed by atoms with E-state index >= 15 is 0 Å². The summed E-state index contributed by atoms with van der Waals surface area (Å²) in [5.74, 6) is 0.318. The number of benzene rings is 1. The number of para-hydroxylation sites is 1. The number of nitrogens with one attached hydrogen (secondary N) is 1. The van der Waals surface area contributed by atoms with E-state index in [9.17, 15) is 9.59 Å². The van der Waals surface area contributed by atoms with Crippen molar-refractivity contribution in [3.8, 4) is 11.6 Å². The van der Waals surface area contributed by atoms with Crippen molar-refractivity contribution in [2.45, 2.75) is 20.4 Å². The van der Waals surface area contributed by atoms with Crippen molar-refractivity contribution >= 4 is 17.0 Å². The van der Waals surface area contributed by atoms with Crippen molar-refractivity contribution in [1.82, 2.24) is 19.9 Å². The van der Waals surface area contributed by atoms with Gasteiger partial charge in [-0.1, -0.05) is 12.1 Å². The van der Waals surface area contributed by atoms with Crippen molar-refractivity contribution in [1.29, 1.82) is 0 Å². The van der Waals surface area contributed by atoms with E-state index in [4.69, 9.17) is 9.15 Å². The molecule has 0 bridgehead atoms. The minimum atomic E-state index is -0.493. The van der Waals surface area contributed by atoms with E-state index in [1.165, 1.54) is 17.9 Å². The highest BCUT2D eigenvalue weighted by molar-refractivity contribution is 5.95. The molecule has 1 N–H and O–H groups in total. The van der Waals surface area contributed by atoms with Crippen molar-refractivity contribution in [3.63, 3.8) is 0 Å². The topological polar surface area (TPSA) is 99.2 Å². The molecule has 0 aliphatic rings. The van der Waals surface area contributed by atoms with Gasteiger partial charge in [-0.3, -0.25) is 14.2 Å². The van der Waals surface area contributed by atoms with Crippen LogP contribution in [-0.4, -0.2) is 27.6 Å². The second-order valence-electron chi connectivity index (χ2n) is 6.82. The van der Waals surface area contributed by atoms with Gasteiger partial charge in [0.1, 0.15) is 11.1 Å². The van der Waals surface area contributed by atoms with Gasteiger partial charge in [0.15, 0.2) is 5.58 Å². The first-order chi connectivity index (χ1) is 14.5. The normalized spacial score (nSPS) is 10.9. The van der Waals surface area contributed by atoms with Crippen molar-refractivity contribution < 1.29 is 13.9 Å². The SMILES string of the molecule is COc1ccc(-n2ccc(C)c(C(=O)NCc3nc4c(C)cccc4o3)c2=O)cn1. The number of carbonyl (C=O) groups excluding carboxylic acids is 1. The Balaban J connectivity index is 1.59. The summed E-state index contributed by atoms with van der Waals surface area (Å²) in [6.07, 6.45) is 3.12. The Bertz CT molecular complexity index is 1290. The number of amides is 1. The summed E-state index contributed by atoms with van der Waals surface area (Å²) < 4.78 is 12.1. The van der Waals surface area contributed by atoms with Crippen molar-refractivity contribution in [2.75, 3.05) is 7.11 Å². The molecule has 3 heterocycles. The van der Waals surface area contributed by atoms with Gasteiger partial charge in [0, 0.05) is 12.3 Å². The number of aryl methyl sites for hydroxylation is 2. The average molecular weight is 404 g/mol. The molecule has 8 heteroatoms. The molecule has 0 spiro atoms. The molecule has 0 aliphatic carbocycles. The van der Waals surface area contributed by atoms with Gasteiger partial charge in [0.05, 0.1) is 25.5 Å². The number of carbonyl (C=O) groups is 1. The molecule has 0 fully saturated rings. The first-order valence-corrected chi connectivity index (χ1v) is 9.34.